The summed E-state index contributed by atoms with van der Waals surface area (Å²) in [5.74, 6) is 1.16. The number of rotatable bonds is 7. The fourth-order valence-electron chi connectivity index (χ4n) is 10.7. The van der Waals surface area contributed by atoms with Crippen LogP contribution in [0.3, 0.4) is 0 Å². The first-order valence-electron chi connectivity index (χ1n) is 22.8. The highest BCUT2D eigenvalue weighted by molar-refractivity contribution is 6.07. The van der Waals surface area contributed by atoms with Crippen molar-refractivity contribution in [1.29, 1.82) is 0 Å². The minimum Gasteiger partial charge on any atom is -0.453 e. The molecular weight excluding hydrogens is 827 g/mol. The summed E-state index contributed by atoms with van der Waals surface area (Å²) in [6.45, 7) is 9.99. The maximum absolute atomic E-state index is 14.3. The number of urea groups is 1. The summed E-state index contributed by atoms with van der Waals surface area (Å²) in [7, 11) is 2.59. The molecule has 0 radical (unpaired) electrons. The molecule has 1 saturated carbocycles. The lowest BCUT2D eigenvalue weighted by molar-refractivity contribution is -0.136. The number of imidazole rings is 2. The maximum Gasteiger partial charge on any atom is 0.425 e. The molecule has 4 fully saturated rings. The van der Waals surface area contributed by atoms with Crippen molar-refractivity contribution in [2.75, 3.05) is 40.5 Å². The summed E-state index contributed by atoms with van der Waals surface area (Å²) >= 11 is 0. The first-order chi connectivity index (χ1) is 31.3. The van der Waals surface area contributed by atoms with E-state index < -0.39 is 18.2 Å². The van der Waals surface area contributed by atoms with Crippen LogP contribution in [0.25, 0.3) is 54.7 Å². The van der Waals surface area contributed by atoms with Gasteiger partial charge in [0.2, 0.25) is 5.91 Å². The Balaban J connectivity index is 0.936. The molecule has 0 bridgehead atoms. The Bertz CT molecular complexity index is 2860. The first kappa shape index (κ1) is 42.5. The van der Waals surface area contributed by atoms with Gasteiger partial charge < -0.3 is 39.3 Å². The zero-order valence-corrected chi connectivity index (χ0v) is 37.8. The van der Waals surface area contributed by atoms with Gasteiger partial charge in [0.15, 0.2) is 0 Å². The molecule has 5 amide bonds. The molecule has 16 nitrogen and oxygen atoms in total. The van der Waals surface area contributed by atoms with Crippen molar-refractivity contribution < 1.29 is 33.4 Å². The van der Waals surface area contributed by atoms with E-state index in [9.17, 15) is 19.2 Å². The SMILES string of the molecule is COC(=O)NC(C(=O)N1C[C@]2(CCCOC2)C[C@H]1c1nc2ccc3cc(-c4ccc5c(ccc6[nH]c([C@@H]7CC8(CC8)CN7C(=O)N(NC(=O)OC)C(C)C)nc65)c4)ccc3c2[nH]1)C(C)C. The average Bonchev–Trinajstić information content (AvgIpc) is 3.68. The van der Waals surface area contributed by atoms with Crippen molar-refractivity contribution >= 4 is 67.7 Å². The van der Waals surface area contributed by atoms with E-state index in [2.05, 4.69) is 75.3 Å². The van der Waals surface area contributed by atoms with E-state index in [1.54, 1.807) is 0 Å². The van der Waals surface area contributed by atoms with Crippen LogP contribution in [0, 0.1) is 16.7 Å². The standard InChI is InChI=1S/C49H57N9O7/c1-27(2)39(54-45(60)63-5)44(59)56-25-49(16-7-19-65-26-49)23-37(56)42-50-35-14-10-31-20-29(8-12-33(31)40(35)52-42)30-9-13-34-32(21-30)11-15-36-41(34)53-43(51-36)38-22-48(17-18-48)24-57(38)47(62)58(28(3)4)55-46(61)64-6/h8-15,20-21,27-28,37-39H,7,16-19,22-26H2,1-6H3,(H,50,52)(H,51,53)(H,54,60)(H,55,61)/t37-,38-,39?,49-/m0/s1. The topological polar surface area (TPSA) is 187 Å². The molecule has 5 heterocycles. The van der Waals surface area contributed by atoms with Crippen LogP contribution in [0.1, 0.15) is 90.0 Å². The minimum absolute atomic E-state index is 0.0733. The number of fused-ring (bicyclic) bond motifs is 6. The summed E-state index contributed by atoms with van der Waals surface area (Å²) in [5, 5.41) is 8.26. The number of nitrogens with zero attached hydrogens (tertiary/aromatic N) is 5. The fourth-order valence-corrected chi connectivity index (χ4v) is 10.7. The molecule has 3 aliphatic heterocycles. The number of hydrazine groups is 1. The lowest BCUT2D eigenvalue weighted by Gasteiger charge is -2.33. The highest BCUT2D eigenvalue weighted by Gasteiger charge is 2.55. The Morgan fingerprint density at radius 1 is 0.785 bits per heavy atom. The second-order valence-electron chi connectivity index (χ2n) is 19.4. The Kier molecular flexibility index (Phi) is 10.6. The van der Waals surface area contributed by atoms with Crippen molar-refractivity contribution in [3.63, 3.8) is 0 Å². The number of carbonyl (C=O) groups is 4. The zero-order chi connectivity index (χ0) is 45.4. The molecule has 16 heteroatoms. The molecule has 1 aliphatic carbocycles. The first-order valence-corrected chi connectivity index (χ1v) is 22.8. The van der Waals surface area contributed by atoms with E-state index in [-0.39, 0.29) is 46.8 Å². The molecule has 2 spiro atoms. The Labute approximate surface area is 376 Å². The molecule has 65 heavy (non-hydrogen) atoms. The van der Waals surface area contributed by atoms with Crippen molar-refractivity contribution in [3.05, 3.63) is 72.3 Å². The largest absolute Gasteiger partial charge is 0.453 e. The smallest absolute Gasteiger partial charge is 0.425 e. The predicted molar refractivity (Wildman–Crippen MR) is 246 cm³/mol. The third-order valence-electron chi connectivity index (χ3n) is 14.4. The second kappa shape index (κ2) is 16.2. The molecule has 6 aromatic rings. The van der Waals surface area contributed by atoms with Crippen LogP contribution in [0.5, 0.6) is 0 Å². The average molecular weight is 884 g/mol. The van der Waals surface area contributed by atoms with E-state index in [1.807, 2.05) is 43.6 Å². The van der Waals surface area contributed by atoms with Crippen LogP contribution in [-0.2, 0) is 19.0 Å². The zero-order valence-electron chi connectivity index (χ0n) is 37.8. The molecule has 2 aromatic heterocycles. The molecule has 4 N–H and O–H groups in total. The van der Waals surface area contributed by atoms with Crippen LogP contribution < -0.4 is 10.7 Å². The van der Waals surface area contributed by atoms with Crippen LogP contribution in [0.15, 0.2) is 60.7 Å². The number of benzene rings is 4. The normalized spacial score (nSPS) is 21.9. The molecule has 3 saturated heterocycles. The number of nitrogens with one attached hydrogen (secondary N) is 4. The second-order valence-corrected chi connectivity index (χ2v) is 19.4. The Morgan fingerprint density at radius 2 is 1.45 bits per heavy atom. The third kappa shape index (κ3) is 7.64. The Hall–Kier alpha value is -6.42. The fraction of sp³-hybridized carbons (Fsp3) is 0.469. The quantitative estimate of drug-likeness (QED) is 0.114. The number of alkyl carbamates (subject to hydrolysis) is 1. The van der Waals surface area contributed by atoms with Gasteiger partial charge in [-0.25, -0.2) is 34.8 Å². The minimum atomic E-state index is -0.749. The Morgan fingerprint density at radius 3 is 2.12 bits per heavy atom. The summed E-state index contributed by atoms with van der Waals surface area (Å²) in [6, 6.07) is 19.3. The molecule has 4 atom stereocenters. The van der Waals surface area contributed by atoms with Gasteiger partial charge in [-0.05, 0) is 110 Å². The lowest BCUT2D eigenvalue weighted by Crippen LogP contribution is -2.55. The number of hydrogen-bond acceptors (Lipinski definition) is 9. The predicted octanol–water partition coefficient (Wildman–Crippen LogP) is 8.49. The summed E-state index contributed by atoms with van der Waals surface area (Å²) < 4.78 is 15.7. The number of aromatic amines is 2. The number of ether oxygens (including phenoxy) is 3. The van der Waals surface area contributed by atoms with Gasteiger partial charge in [0.1, 0.15) is 17.7 Å². The number of H-pyrrole nitrogens is 2. The van der Waals surface area contributed by atoms with Crippen molar-refractivity contribution in [3.8, 4) is 11.1 Å². The maximum atomic E-state index is 14.3. The summed E-state index contributed by atoms with van der Waals surface area (Å²) in [4.78, 5) is 74.0. The molecular formula is C49H57N9O7. The van der Waals surface area contributed by atoms with Crippen LogP contribution in [0.4, 0.5) is 14.4 Å². The number of amides is 5. The number of aromatic nitrogens is 4. The van der Waals surface area contributed by atoms with E-state index in [4.69, 9.17) is 24.2 Å². The number of carbonyl (C=O) groups excluding carboxylic acids is 4. The third-order valence-corrected chi connectivity index (χ3v) is 14.4. The van der Waals surface area contributed by atoms with Gasteiger partial charge in [-0.1, -0.05) is 50.2 Å². The number of likely N-dealkylation sites (tertiary alicyclic amines) is 2. The highest BCUT2D eigenvalue weighted by Crippen LogP contribution is 2.58. The highest BCUT2D eigenvalue weighted by atomic mass is 16.5. The van der Waals surface area contributed by atoms with Gasteiger partial charge in [0.25, 0.3) is 0 Å². The lowest BCUT2D eigenvalue weighted by atomic mass is 9.80. The molecule has 340 valence electrons. The molecule has 4 aliphatic rings. The molecule has 10 rings (SSSR count). The van der Waals surface area contributed by atoms with Gasteiger partial charge in [-0.3, -0.25) is 4.79 Å². The van der Waals surface area contributed by atoms with E-state index in [0.717, 1.165) is 98.5 Å². The van der Waals surface area contributed by atoms with Gasteiger partial charge in [-0.2, -0.15) is 0 Å². The van der Waals surface area contributed by atoms with E-state index in [1.165, 1.54) is 19.2 Å². The van der Waals surface area contributed by atoms with Crippen molar-refractivity contribution in [2.24, 2.45) is 16.7 Å². The van der Waals surface area contributed by atoms with Crippen LogP contribution in [0.2, 0.25) is 0 Å². The monoisotopic (exact) mass is 883 g/mol. The number of hydrogen-bond donors (Lipinski definition) is 4. The van der Waals surface area contributed by atoms with Crippen LogP contribution in [-0.4, -0.2) is 111 Å². The van der Waals surface area contributed by atoms with Crippen molar-refractivity contribution in [2.45, 2.75) is 90.4 Å². The van der Waals surface area contributed by atoms with Gasteiger partial charge in [-0.15, -0.1) is 0 Å². The van der Waals surface area contributed by atoms with Gasteiger partial charge in [0, 0.05) is 41.9 Å². The summed E-state index contributed by atoms with van der Waals surface area (Å²) in [5.41, 5.74) is 8.10. The number of methoxy groups -OCH3 is 2. The van der Waals surface area contributed by atoms with Gasteiger partial charge in [0.05, 0.1) is 55.0 Å². The summed E-state index contributed by atoms with van der Waals surface area (Å²) in [6.07, 6.45) is 4.20. The van der Waals surface area contributed by atoms with E-state index in [0.29, 0.717) is 32.7 Å². The van der Waals surface area contributed by atoms with E-state index >= 15 is 0 Å². The van der Waals surface area contributed by atoms with Gasteiger partial charge >= 0.3 is 18.2 Å². The molecule has 4 aromatic carbocycles. The van der Waals surface area contributed by atoms with Crippen molar-refractivity contribution in [1.82, 2.24) is 45.5 Å². The molecule has 1 unspecified atom stereocenters. The van der Waals surface area contributed by atoms with Crippen LogP contribution >= 0.6 is 0 Å².